The van der Waals surface area contributed by atoms with Crippen LogP contribution >= 0.6 is 0 Å². The highest BCUT2D eigenvalue weighted by Crippen LogP contribution is 2.24. The van der Waals surface area contributed by atoms with Gasteiger partial charge in [0.05, 0.1) is 17.1 Å². The summed E-state index contributed by atoms with van der Waals surface area (Å²) in [6.45, 7) is 55.7. The van der Waals surface area contributed by atoms with E-state index in [0.29, 0.717) is 0 Å². The molecule has 11 nitrogen and oxygen atoms in total. The first-order chi connectivity index (χ1) is 30.4. The maximum atomic E-state index is 4.55. The molecular weight excluding hydrogens is 827 g/mol. The van der Waals surface area contributed by atoms with Crippen molar-refractivity contribution in [3.05, 3.63) is 145 Å². The zero-order valence-electron chi connectivity index (χ0n) is 46.9. The first-order valence-corrected chi connectivity index (χ1v) is 23.4. The van der Waals surface area contributed by atoms with Crippen molar-refractivity contribution in [3.63, 3.8) is 0 Å². The predicted octanol–water partition coefficient (Wildman–Crippen LogP) is 13.3. The molecule has 6 aromatic rings. The van der Waals surface area contributed by atoms with Gasteiger partial charge in [0.15, 0.2) is 0 Å². The molecule has 0 unspecified atom stereocenters. The van der Waals surface area contributed by atoms with E-state index in [0.717, 1.165) is 91.8 Å². The molecule has 0 aliphatic rings. The lowest BCUT2D eigenvalue weighted by molar-refractivity contribution is 0.491. The predicted molar refractivity (Wildman–Crippen MR) is 280 cm³/mol. The van der Waals surface area contributed by atoms with Gasteiger partial charge in [0, 0.05) is 73.4 Å². The fourth-order valence-electron chi connectivity index (χ4n) is 5.86. The lowest BCUT2D eigenvalue weighted by atomic mass is 9.91. The number of hydrogen-bond donors (Lipinski definition) is 0. The van der Waals surface area contributed by atoms with Crippen LogP contribution in [0.3, 0.4) is 0 Å². The van der Waals surface area contributed by atoms with Gasteiger partial charge in [-0.2, -0.15) is 0 Å². The van der Waals surface area contributed by atoms with Gasteiger partial charge < -0.3 is 0 Å². The molecule has 0 amide bonds. The Labute approximate surface area is 406 Å². The van der Waals surface area contributed by atoms with Crippen molar-refractivity contribution in [3.8, 4) is 0 Å². The lowest BCUT2D eigenvalue weighted by Crippen LogP contribution is -2.24. The van der Waals surface area contributed by atoms with Gasteiger partial charge >= 0.3 is 0 Å². The summed E-state index contributed by atoms with van der Waals surface area (Å²) in [5, 5.41) is 0. The van der Waals surface area contributed by atoms with Crippen molar-refractivity contribution >= 4 is 0 Å². The van der Waals surface area contributed by atoms with Gasteiger partial charge in [0.25, 0.3) is 0 Å². The van der Waals surface area contributed by atoms with Crippen LogP contribution in [-0.2, 0) is 21.7 Å². The average Bonchev–Trinajstić information content (AvgIpc) is 3.16. The number of nitrogens with zero attached hydrogens (tertiary/aromatic N) is 11. The van der Waals surface area contributed by atoms with E-state index in [9.17, 15) is 0 Å². The highest BCUT2D eigenvalue weighted by atomic mass is 15.0. The van der Waals surface area contributed by atoms with Crippen LogP contribution in [0, 0.1) is 104 Å². The van der Waals surface area contributed by atoms with Gasteiger partial charge in [-0.1, -0.05) is 89.2 Å². The molecule has 0 radical (unpaired) electrons. The van der Waals surface area contributed by atoms with Crippen LogP contribution < -0.4 is 0 Å². The molecule has 6 heterocycles. The minimum atomic E-state index is -0.0201. The molecule has 6 aromatic heterocycles. The third-order valence-electron chi connectivity index (χ3n) is 10.3. The Morgan fingerprint density at radius 1 is 0.313 bits per heavy atom. The number of aryl methyl sites for hydroxylation is 13. The molecule has 0 N–H and O–H groups in total. The first-order valence-electron chi connectivity index (χ1n) is 23.4. The topological polar surface area (TPSA) is 142 Å². The van der Waals surface area contributed by atoms with Crippen molar-refractivity contribution in [2.75, 3.05) is 0 Å². The van der Waals surface area contributed by atoms with E-state index >= 15 is 0 Å². The minimum absolute atomic E-state index is 0.0201. The van der Waals surface area contributed by atoms with E-state index in [1.54, 1.807) is 6.20 Å². The van der Waals surface area contributed by atoms with Crippen LogP contribution in [-0.4, -0.2) is 54.8 Å². The van der Waals surface area contributed by atoms with Gasteiger partial charge in [0.2, 0.25) is 0 Å². The van der Waals surface area contributed by atoms with E-state index in [4.69, 9.17) is 0 Å². The molecule has 0 saturated heterocycles. The molecular formula is C56H87N11. The highest BCUT2D eigenvalue weighted by Gasteiger charge is 2.24. The van der Waals surface area contributed by atoms with Gasteiger partial charge in [-0.15, -0.1) is 0 Å². The summed E-state index contributed by atoms with van der Waals surface area (Å²) in [7, 11) is 0. The summed E-state index contributed by atoms with van der Waals surface area (Å²) in [6, 6.07) is 10.3. The monoisotopic (exact) mass is 914 g/mol. The molecule has 0 fully saturated rings. The van der Waals surface area contributed by atoms with E-state index in [1.165, 1.54) is 16.7 Å². The number of pyridine rings is 2. The minimum Gasteiger partial charge on any atom is -0.258 e. The van der Waals surface area contributed by atoms with E-state index in [1.807, 2.05) is 96.1 Å². The summed E-state index contributed by atoms with van der Waals surface area (Å²) in [6.07, 6.45) is 1.78. The quantitative estimate of drug-likeness (QED) is 0.144. The SMILES string of the molecule is Cc1cc(C)nc(C)c1.Cc1cccc(C(C)(C)C)n1.Cc1cnc(C)c(C)n1.Cc1nc(C(C)(C)C)nc(C(C)(C)C)n1.Cc1nc(C(C)(C)C)nc(C)c1C.Cc1nc(C)c(C)c(C)n1. The molecule has 0 aromatic carbocycles. The third kappa shape index (κ3) is 21.8. The Morgan fingerprint density at radius 2 is 0.701 bits per heavy atom. The Morgan fingerprint density at radius 3 is 1.03 bits per heavy atom. The first kappa shape index (κ1) is 59.6. The van der Waals surface area contributed by atoms with Crippen molar-refractivity contribution in [2.24, 2.45) is 0 Å². The average molecular weight is 914 g/mol. The third-order valence-corrected chi connectivity index (χ3v) is 10.3. The van der Waals surface area contributed by atoms with Crippen molar-refractivity contribution in [1.29, 1.82) is 0 Å². The lowest BCUT2D eigenvalue weighted by Gasteiger charge is -2.22. The summed E-state index contributed by atoms with van der Waals surface area (Å²) >= 11 is 0. The highest BCUT2D eigenvalue weighted by molar-refractivity contribution is 5.24. The van der Waals surface area contributed by atoms with Crippen LogP contribution in [0.2, 0.25) is 0 Å². The Hall–Kier alpha value is -5.45. The fourth-order valence-corrected chi connectivity index (χ4v) is 5.86. The van der Waals surface area contributed by atoms with E-state index in [2.05, 4.69) is 176 Å². The van der Waals surface area contributed by atoms with Crippen molar-refractivity contribution in [2.45, 2.75) is 209 Å². The Bertz CT molecular complexity index is 2380. The van der Waals surface area contributed by atoms with Gasteiger partial charge in [-0.25, -0.2) is 34.9 Å². The molecule has 366 valence electrons. The Kier molecular flexibility index (Phi) is 22.3. The molecule has 0 atom stereocenters. The summed E-state index contributed by atoms with van der Waals surface area (Å²) in [5.41, 5.74) is 15.7. The normalized spacial score (nSPS) is 11.2. The zero-order valence-corrected chi connectivity index (χ0v) is 46.9. The molecule has 0 aliphatic heterocycles. The maximum Gasteiger partial charge on any atom is 0.137 e. The van der Waals surface area contributed by atoms with Gasteiger partial charge in [0.1, 0.15) is 29.1 Å². The smallest absolute Gasteiger partial charge is 0.137 e. The summed E-state index contributed by atoms with van der Waals surface area (Å²) in [5.74, 6) is 4.36. The van der Waals surface area contributed by atoms with Crippen LogP contribution in [0.5, 0.6) is 0 Å². The second-order valence-corrected chi connectivity index (χ2v) is 21.7. The van der Waals surface area contributed by atoms with Gasteiger partial charge in [-0.3, -0.25) is 19.9 Å². The molecule has 0 bridgehead atoms. The molecule has 0 aliphatic carbocycles. The summed E-state index contributed by atoms with van der Waals surface area (Å²) < 4.78 is 0. The van der Waals surface area contributed by atoms with Crippen LogP contribution in [0.4, 0.5) is 0 Å². The van der Waals surface area contributed by atoms with Gasteiger partial charge in [-0.05, 0) is 145 Å². The van der Waals surface area contributed by atoms with Crippen LogP contribution in [0.25, 0.3) is 0 Å². The van der Waals surface area contributed by atoms with Crippen LogP contribution in [0.1, 0.15) is 192 Å². The van der Waals surface area contributed by atoms with Crippen molar-refractivity contribution < 1.29 is 0 Å². The second-order valence-electron chi connectivity index (χ2n) is 21.7. The molecule has 0 spiro atoms. The van der Waals surface area contributed by atoms with Crippen LogP contribution in [0.15, 0.2) is 36.5 Å². The second kappa shape index (κ2) is 25.1. The number of hydrogen-bond acceptors (Lipinski definition) is 11. The van der Waals surface area contributed by atoms with E-state index < -0.39 is 0 Å². The van der Waals surface area contributed by atoms with Crippen molar-refractivity contribution in [1.82, 2.24) is 54.8 Å². The standard InChI is InChI=1S/C12H21N3.C11H18N2.C10H15N.C8H12N2.C8H11N.C7H10N2/c1-8-13-9(11(2,3)4)15-10(14-8)12(5,6)7;1-7-8(2)12-10(11(4,5)6)13-9(7)3;1-8-6-5-7-9(11-8)10(2,3)4;1-5-6(2)9-8(4)10-7(5)3;1-6-4-7(2)9-8(3)5-6;1-5-4-8-6(2)7(3)9-5/h1-7H3;1-6H3;5-7H,1-4H3;1-4H3;4-5H,1-3H3;4H,1-3H3. The molecule has 0 saturated carbocycles. The molecule has 11 heteroatoms. The number of rotatable bonds is 0. The largest absolute Gasteiger partial charge is 0.258 e. The fraction of sp³-hybridized carbons (Fsp3) is 0.554. The van der Waals surface area contributed by atoms with E-state index in [-0.39, 0.29) is 21.7 Å². The zero-order chi connectivity index (χ0) is 52.0. The molecule has 6 rings (SSSR count). The maximum absolute atomic E-state index is 4.55. The Balaban J connectivity index is 0.000000406. The number of aromatic nitrogens is 11. The summed E-state index contributed by atoms with van der Waals surface area (Å²) in [4.78, 5) is 47.8. The molecule has 67 heavy (non-hydrogen) atoms.